The SMILES string of the molecule is CCc1cc(Cl)ccc1CO[Si](C)(C)C(C)(C)C. The summed E-state index contributed by atoms with van der Waals surface area (Å²) in [5, 5.41) is 1.06. The number of halogens is 1. The van der Waals surface area contributed by atoms with Gasteiger partial charge in [-0.25, -0.2) is 0 Å². The van der Waals surface area contributed by atoms with E-state index in [0.29, 0.717) is 6.61 Å². The summed E-state index contributed by atoms with van der Waals surface area (Å²) in [6, 6.07) is 6.09. The predicted octanol–water partition coefficient (Wildman–Crippen LogP) is 5.42. The second-order valence-corrected chi connectivity index (χ2v) is 11.6. The lowest BCUT2D eigenvalue weighted by atomic mass is 10.1. The van der Waals surface area contributed by atoms with E-state index in [1.54, 1.807) is 0 Å². The van der Waals surface area contributed by atoms with Crippen LogP contribution in [0.15, 0.2) is 18.2 Å². The molecule has 1 aromatic carbocycles. The molecule has 1 aromatic rings. The van der Waals surface area contributed by atoms with Crippen LogP contribution in [0, 0.1) is 0 Å². The van der Waals surface area contributed by atoms with Gasteiger partial charge in [0.05, 0.1) is 6.61 Å². The number of hydrogen-bond donors (Lipinski definition) is 0. The average molecular weight is 285 g/mol. The molecule has 0 saturated carbocycles. The lowest BCUT2D eigenvalue weighted by molar-refractivity contribution is 0.275. The van der Waals surface area contributed by atoms with E-state index in [2.05, 4.69) is 46.9 Å². The Morgan fingerprint density at radius 3 is 2.28 bits per heavy atom. The van der Waals surface area contributed by atoms with Crippen molar-refractivity contribution in [2.75, 3.05) is 0 Å². The molecular formula is C15H25ClOSi. The topological polar surface area (TPSA) is 9.23 Å². The first-order valence-corrected chi connectivity index (χ1v) is 9.87. The van der Waals surface area contributed by atoms with Crippen LogP contribution in [0.5, 0.6) is 0 Å². The molecule has 1 rings (SSSR count). The minimum atomic E-state index is -1.67. The molecule has 0 radical (unpaired) electrons. The Morgan fingerprint density at radius 1 is 1.17 bits per heavy atom. The maximum absolute atomic E-state index is 6.26. The molecule has 0 aliphatic carbocycles. The van der Waals surface area contributed by atoms with Crippen LogP contribution in [0.2, 0.25) is 23.2 Å². The Kier molecular flexibility index (Phi) is 5.04. The Morgan fingerprint density at radius 2 is 1.78 bits per heavy atom. The fourth-order valence-electron chi connectivity index (χ4n) is 1.54. The van der Waals surface area contributed by atoms with Gasteiger partial charge in [0.25, 0.3) is 0 Å². The number of rotatable bonds is 4. The smallest absolute Gasteiger partial charge is 0.192 e. The third-order valence-corrected chi connectivity index (χ3v) is 8.66. The first-order valence-electron chi connectivity index (χ1n) is 6.58. The Bertz CT molecular complexity index is 407. The lowest BCUT2D eigenvalue weighted by Crippen LogP contribution is -2.40. The van der Waals surface area contributed by atoms with E-state index in [9.17, 15) is 0 Å². The van der Waals surface area contributed by atoms with E-state index < -0.39 is 8.32 Å². The fourth-order valence-corrected chi connectivity index (χ4v) is 2.68. The van der Waals surface area contributed by atoms with Crippen molar-refractivity contribution < 1.29 is 4.43 Å². The van der Waals surface area contributed by atoms with E-state index in [4.69, 9.17) is 16.0 Å². The molecule has 0 unspecified atom stereocenters. The lowest BCUT2D eigenvalue weighted by Gasteiger charge is -2.36. The number of hydrogen-bond acceptors (Lipinski definition) is 1. The second kappa shape index (κ2) is 5.77. The Labute approximate surface area is 118 Å². The van der Waals surface area contributed by atoms with Crippen molar-refractivity contribution >= 4 is 19.9 Å². The van der Waals surface area contributed by atoms with Crippen molar-refractivity contribution in [1.29, 1.82) is 0 Å². The zero-order valence-electron chi connectivity index (χ0n) is 12.4. The summed E-state index contributed by atoms with van der Waals surface area (Å²) in [6.07, 6.45) is 0.997. The van der Waals surface area contributed by atoms with Crippen molar-refractivity contribution in [2.24, 2.45) is 0 Å². The van der Waals surface area contributed by atoms with Crippen LogP contribution in [0.3, 0.4) is 0 Å². The van der Waals surface area contributed by atoms with Crippen LogP contribution in [-0.4, -0.2) is 8.32 Å². The van der Waals surface area contributed by atoms with Crippen molar-refractivity contribution in [1.82, 2.24) is 0 Å². The third-order valence-electron chi connectivity index (χ3n) is 3.94. The van der Waals surface area contributed by atoms with Gasteiger partial charge in [0.2, 0.25) is 0 Å². The van der Waals surface area contributed by atoms with Crippen molar-refractivity contribution in [3.8, 4) is 0 Å². The third kappa shape index (κ3) is 3.84. The van der Waals surface area contributed by atoms with Gasteiger partial charge in [0.1, 0.15) is 0 Å². The van der Waals surface area contributed by atoms with Crippen molar-refractivity contribution in [3.05, 3.63) is 34.3 Å². The Balaban J connectivity index is 2.81. The molecule has 0 saturated heterocycles. The summed E-state index contributed by atoms with van der Waals surface area (Å²) in [6.45, 7) is 14.2. The summed E-state index contributed by atoms with van der Waals surface area (Å²) in [7, 11) is -1.67. The second-order valence-electron chi connectivity index (χ2n) is 6.32. The molecule has 0 bridgehead atoms. The number of aryl methyl sites for hydroxylation is 1. The van der Waals surface area contributed by atoms with Gasteiger partial charge in [-0.2, -0.15) is 0 Å². The van der Waals surface area contributed by atoms with Crippen molar-refractivity contribution in [2.45, 2.75) is 58.9 Å². The summed E-state index contributed by atoms with van der Waals surface area (Å²) < 4.78 is 6.26. The molecular weight excluding hydrogens is 260 g/mol. The van der Waals surface area contributed by atoms with Crippen LogP contribution in [0.1, 0.15) is 38.8 Å². The zero-order valence-corrected chi connectivity index (χ0v) is 14.2. The Hall–Kier alpha value is -0.313. The van der Waals surface area contributed by atoms with Crippen LogP contribution in [0.25, 0.3) is 0 Å². The predicted molar refractivity (Wildman–Crippen MR) is 82.8 cm³/mol. The fraction of sp³-hybridized carbons (Fsp3) is 0.600. The standard InChI is InChI=1S/C15H25ClOSi/c1-7-12-10-14(16)9-8-13(12)11-17-18(5,6)15(2,3)4/h8-10H,7,11H2,1-6H3. The van der Waals surface area contributed by atoms with Gasteiger partial charge in [-0.3, -0.25) is 0 Å². The first-order chi connectivity index (χ1) is 8.17. The van der Waals surface area contributed by atoms with Gasteiger partial charge in [-0.15, -0.1) is 0 Å². The van der Waals surface area contributed by atoms with Gasteiger partial charge in [-0.05, 0) is 47.8 Å². The minimum absolute atomic E-state index is 0.256. The van der Waals surface area contributed by atoms with Gasteiger partial charge < -0.3 is 4.43 Å². The normalized spacial score (nSPS) is 12.8. The minimum Gasteiger partial charge on any atom is -0.413 e. The van der Waals surface area contributed by atoms with E-state index >= 15 is 0 Å². The highest BCUT2D eigenvalue weighted by Crippen LogP contribution is 2.37. The summed E-state index contributed by atoms with van der Waals surface area (Å²) >= 11 is 6.03. The molecule has 0 spiro atoms. The van der Waals surface area contributed by atoms with Crippen LogP contribution >= 0.6 is 11.6 Å². The quantitative estimate of drug-likeness (QED) is 0.671. The molecule has 0 aromatic heterocycles. The molecule has 18 heavy (non-hydrogen) atoms. The molecule has 0 aliphatic heterocycles. The summed E-state index contributed by atoms with van der Waals surface area (Å²) in [5.41, 5.74) is 2.56. The maximum Gasteiger partial charge on any atom is 0.192 e. The molecule has 0 atom stereocenters. The molecule has 0 amide bonds. The van der Waals surface area contributed by atoms with Crippen LogP contribution in [0.4, 0.5) is 0 Å². The highest BCUT2D eigenvalue weighted by Gasteiger charge is 2.37. The summed E-state index contributed by atoms with van der Waals surface area (Å²) in [5.74, 6) is 0. The van der Waals surface area contributed by atoms with E-state index in [0.717, 1.165) is 11.4 Å². The molecule has 0 fully saturated rings. The molecule has 3 heteroatoms. The van der Waals surface area contributed by atoms with Crippen LogP contribution < -0.4 is 0 Å². The monoisotopic (exact) mass is 284 g/mol. The summed E-state index contributed by atoms with van der Waals surface area (Å²) in [4.78, 5) is 0. The molecule has 0 aliphatic rings. The van der Waals surface area contributed by atoms with Gasteiger partial charge in [0, 0.05) is 5.02 Å². The average Bonchev–Trinajstić information content (AvgIpc) is 2.25. The van der Waals surface area contributed by atoms with E-state index in [-0.39, 0.29) is 5.04 Å². The highest BCUT2D eigenvalue weighted by molar-refractivity contribution is 6.74. The van der Waals surface area contributed by atoms with Crippen LogP contribution in [-0.2, 0) is 17.5 Å². The number of benzene rings is 1. The highest BCUT2D eigenvalue weighted by atomic mass is 35.5. The van der Waals surface area contributed by atoms with Gasteiger partial charge in [0.15, 0.2) is 8.32 Å². The molecule has 0 heterocycles. The molecule has 0 N–H and O–H groups in total. The van der Waals surface area contributed by atoms with Crippen molar-refractivity contribution in [3.63, 3.8) is 0 Å². The molecule has 102 valence electrons. The van der Waals surface area contributed by atoms with E-state index in [1.165, 1.54) is 11.1 Å². The van der Waals surface area contributed by atoms with E-state index in [1.807, 2.05) is 12.1 Å². The van der Waals surface area contributed by atoms with Gasteiger partial charge >= 0.3 is 0 Å². The zero-order chi connectivity index (χ0) is 14.0. The van der Waals surface area contributed by atoms with Gasteiger partial charge in [-0.1, -0.05) is 45.4 Å². The first kappa shape index (κ1) is 15.7. The largest absolute Gasteiger partial charge is 0.413 e. The maximum atomic E-state index is 6.26. The molecule has 1 nitrogen and oxygen atoms in total.